The Balaban J connectivity index is 1.43. The summed E-state index contributed by atoms with van der Waals surface area (Å²) < 4.78 is 0. The van der Waals surface area contributed by atoms with E-state index in [1.54, 1.807) is 0 Å². The predicted octanol–water partition coefficient (Wildman–Crippen LogP) is 22.3. The van der Waals surface area contributed by atoms with Crippen LogP contribution in [0.15, 0.2) is 170 Å². The lowest BCUT2D eigenvalue weighted by Crippen LogP contribution is -2.13. The van der Waals surface area contributed by atoms with Crippen molar-refractivity contribution in [1.29, 1.82) is 0 Å². The number of fused-ring (bicyclic) bond motifs is 4. The first kappa shape index (κ1) is 50.4. The van der Waals surface area contributed by atoms with Gasteiger partial charge in [-0.15, -0.1) is 0 Å². The quantitative estimate of drug-likeness (QED) is 0.106. The van der Waals surface area contributed by atoms with Crippen LogP contribution in [-0.2, 0) is 0 Å². The average molecular weight is 969 g/mol. The fraction of sp³-hybridized carbons (Fsp3) is 0.278. The first-order valence-electron chi connectivity index (χ1n) is 27.5. The predicted molar refractivity (Wildman–Crippen MR) is 325 cm³/mol. The molecule has 10 aromatic rings. The summed E-state index contributed by atoms with van der Waals surface area (Å²) in [4.78, 5) is 5.10. The van der Waals surface area contributed by atoms with Gasteiger partial charge in [-0.1, -0.05) is 203 Å². The Morgan fingerprint density at radius 3 is 0.730 bits per heavy atom. The zero-order chi connectivity index (χ0) is 52.3. The second-order valence-corrected chi connectivity index (χ2v) is 23.1. The second-order valence-electron chi connectivity index (χ2n) is 23.1. The van der Waals surface area contributed by atoms with Gasteiger partial charge in [-0.25, -0.2) is 0 Å². The molecule has 10 aromatic carbocycles. The lowest BCUT2D eigenvalue weighted by atomic mass is 9.81. The Morgan fingerprint density at radius 1 is 0.230 bits per heavy atom. The first-order valence-corrected chi connectivity index (χ1v) is 27.5. The maximum absolute atomic E-state index is 2.55. The van der Waals surface area contributed by atoms with Crippen molar-refractivity contribution < 1.29 is 0 Å². The second kappa shape index (κ2) is 20.3. The molecule has 10 rings (SSSR count). The molecular formula is C72H76N2. The van der Waals surface area contributed by atoms with E-state index in [4.69, 9.17) is 0 Å². The van der Waals surface area contributed by atoms with Crippen molar-refractivity contribution in [2.45, 2.75) is 132 Å². The summed E-state index contributed by atoms with van der Waals surface area (Å²) in [5, 5.41) is 10.0. The maximum atomic E-state index is 2.55. The third-order valence-corrected chi connectivity index (χ3v) is 15.9. The Hall–Kier alpha value is -7.16. The van der Waals surface area contributed by atoms with Crippen LogP contribution in [0.2, 0.25) is 0 Å². The smallest absolute Gasteiger partial charge is 0.0618 e. The Morgan fingerprint density at radius 2 is 0.459 bits per heavy atom. The Kier molecular flexibility index (Phi) is 13.8. The van der Waals surface area contributed by atoms with Crippen molar-refractivity contribution in [2.24, 2.45) is 0 Å². The van der Waals surface area contributed by atoms with Gasteiger partial charge in [-0.2, -0.15) is 0 Å². The van der Waals surface area contributed by atoms with Crippen LogP contribution < -0.4 is 9.80 Å². The molecule has 2 heteroatoms. The molecule has 374 valence electrons. The topological polar surface area (TPSA) is 6.48 Å². The van der Waals surface area contributed by atoms with E-state index in [2.05, 4.69) is 277 Å². The van der Waals surface area contributed by atoms with Gasteiger partial charge in [0.05, 0.1) is 11.4 Å². The molecule has 74 heavy (non-hydrogen) atoms. The van der Waals surface area contributed by atoms with Gasteiger partial charge in [-0.3, -0.25) is 0 Å². The Labute approximate surface area is 442 Å². The van der Waals surface area contributed by atoms with E-state index in [9.17, 15) is 0 Å². The molecular weight excluding hydrogens is 893 g/mol. The van der Waals surface area contributed by atoms with Crippen molar-refractivity contribution in [1.82, 2.24) is 0 Å². The van der Waals surface area contributed by atoms with Gasteiger partial charge in [-0.05, 0) is 176 Å². The van der Waals surface area contributed by atoms with Gasteiger partial charge in [0, 0.05) is 44.3 Å². The van der Waals surface area contributed by atoms with Gasteiger partial charge in [0.15, 0.2) is 0 Å². The molecule has 0 aromatic heterocycles. The molecule has 0 saturated carbocycles. The average Bonchev–Trinajstić information content (AvgIpc) is 3.42. The van der Waals surface area contributed by atoms with E-state index in [0.717, 1.165) is 22.7 Å². The van der Waals surface area contributed by atoms with Crippen molar-refractivity contribution in [3.63, 3.8) is 0 Å². The molecule has 0 unspecified atom stereocenters. The number of rotatable bonds is 13. The SMILES string of the molecule is Cc1ccc(N(c2ccc(C(C)C)cc2)c2c3ccc(C(C)C)cc3c(-c3c4cc(C(C)C)ccc4c(N(c4ccc(C)cc4)c4ccc(C(C)C)cc4)c4cc(C(C)C)ccc34)c3ccc(C(C)C)cc23)cc1. The Bertz CT molecular complexity index is 3420. The summed E-state index contributed by atoms with van der Waals surface area (Å²) in [6, 6.07) is 66.5. The zero-order valence-electron chi connectivity index (χ0n) is 46.5. The minimum Gasteiger partial charge on any atom is -0.309 e. The van der Waals surface area contributed by atoms with Gasteiger partial charge >= 0.3 is 0 Å². The summed E-state index contributed by atoms with van der Waals surface area (Å²) >= 11 is 0. The molecule has 0 N–H and O–H groups in total. The van der Waals surface area contributed by atoms with Crippen LogP contribution >= 0.6 is 0 Å². The summed E-state index contributed by atoms with van der Waals surface area (Å²) in [6.45, 7) is 32.2. The van der Waals surface area contributed by atoms with E-state index in [-0.39, 0.29) is 0 Å². The largest absolute Gasteiger partial charge is 0.309 e. The molecule has 0 bridgehead atoms. The van der Waals surface area contributed by atoms with E-state index < -0.39 is 0 Å². The normalized spacial score (nSPS) is 12.1. The molecule has 0 aliphatic rings. The van der Waals surface area contributed by atoms with Crippen LogP contribution in [0.5, 0.6) is 0 Å². The number of anilines is 6. The number of aryl methyl sites for hydroxylation is 2. The molecule has 0 saturated heterocycles. The van der Waals surface area contributed by atoms with E-state index in [1.165, 1.54) is 110 Å². The van der Waals surface area contributed by atoms with Crippen molar-refractivity contribution >= 4 is 77.2 Å². The minimum absolute atomic E-state index is 0.327. The molecule has 0 fully saturated rings. The van der Waals surface area contributed by atoms with Crippen LogP contribution in [0.4, 0.5) is 34.1 Å². The highest BCUT2D eigenvalue weighted by atomic mass is 15.2. The van der Waals surface area contributed by atoms with Crippen LogP contribution in [0, 0.1) is 13.8 Å². The molecule has 0 spiro atoms. The third kappa shape index (κ3) is 9.27. The van der Waals surface area contributed by atoms with E-state index in [1.807, 2.05) is 0 Å². The van der Waals surface area contributed by atoms with Gasteiger partial charge in [0.1, 0.15) is 0 Å². The summed E-state index contributed by atoms with van der Waals surface area (Å²) in [5.41, 5.74) is 20.1. The number of nitrogens with zero attached hydrogens (tertiary/aromatic N) is 2. The highest BCUT2D eigenvalue weighted by Gasteiger charge is 2.29. The fourth-order valence-electron chi connectivity index (χ4n) is 11.2. The molecule has 0 amide bonds. The molecule has 0 atom stereocenters. The van der Waals surface area contributed by atoms with Gasteiger partial charge in [0.2, 0.25) is 0 Å². The van der Waals surface area contributed by atoms with Gasteiger partial charge < -0.3 is 9.80 Å². The lowest BCUT2D eigenvalue weighted by Gasteiger charge is -2.32. The number of benzene rings is 10. The maximum Gasteiger partial charge on any atom is 0.0618 e. The lowest BCUT2D eigenvalue weighted by molar-refractivity contribution is 0.866. The van der Waals surface area contributed by atoms with Crippen LogP contribution in [0.25, 0.3) is 54.2 Å². The van der Waals surface area contributed by atoms with Gasteiger partial charge in [0.25, 0.3) is 0 Å². The van der Waals surface area contributed by atoms with E-state index in [0.29, 0.717) is 35.5 Å². The van der Waals surface area contributed by atoms with Crippen LogP contribution in [0.1, 0.15) is 163 Å². The summed E-state index contributed by atoms with van der Waals surface area (Å²) in [5.74, 6) is 2.18. The minimum atomic E-state index is 0.327. The molecule has 0 heterocycles. The molecule has 2 nitrogen and oxygen atoms in total. The zero-order valence-corrected chi connectivity index (χ0v) is 46.5. The van der Waals surface area contributed by atoms with Crippen LogP contribution in [0.3, 0.4) is 0 Å². The number of hydrogen-bond acceptors (Lipinski definition) is 2. The summed E-state index contributed by atoms with van der Waals surface area (Å²) in [6.07, 6.45) is 0. The molecule has 0 aliphatic carbocycles. The summed E-state index contributed by atoms with van der Waals surface area (Å²) in [7, 11) is 0. The highest BCUT2D eigenvalue weighted by Crippen LogP contribution is 2.55. The monoisotopic (exact) mass is 969 g/mol. The van der Waals surface area contributed by atoms with Crippen molar-refractivity contribution in [2.75, 3.05) is 9.80 Å². The first-order chi connectivity index (χ1) is 35.5. The van der Waals surface area contributed by atoms with E-state index >= 15 is 0 Å². The fourth-order valence-corrected chi connectivity index (χ4v) is 11.2. The van der Waals surface area contributed by atoms with Crippen LogP contribution in [-0.4, -0.2) is 0 Å². The van der Waals surface area contributed by atoms with Crippen molar-refractivity contribution in [3.05, 3.63) is 214 Å². The highest BCUT2D eigenvalue weighted by molar-refractivity contribution is 6.31. The van der Waals surface area contributed by atoms with Crippen molar-refractivity contribution in [3.8, 4) is 11.1 Å². The molecule has 0 radical (unpaired) electrons. The third-order valence-electron chi connectivity index (χ3n) is 15.9. The standard InChI is InChI=1S/C72H76N2/c1-43(2)51-19-31-59(32-20-51)73(57-27-15-49(13)16-28-57)71-63-37-25-53(45(5)6)39-65(63)69(61-35-23-55(47(9)10)41-67(61)71)70-62-36-24-56(48(11)12)42-68(62)72(64-38-26-54(46(7)8)40-66(64)70)74(58-29-17-50(14)18-30-58)60-33-21-52(22-34-60)44(3)4/h15-48H,1-14H3. The number of hydrogen-bond donors (Lipinski definition) is 0. The molecule has 0 aliphatic heterocycles.